The first-order chi connectivity index (χ1) is 8.74. The number of nitrogens with two attached hydrogens (primary N) is 1. The van der Waals surface area contributed by atoms with Gasteiger partial charge >= 0.3 is 0 Å². The third-order valence-corrected chi connectivity index (χ3v) is 4.89. The smallest absolute Gasteiger partial charge is 0.0314 e. The van der Waals surface area contributed by atoms with Crippen LogP contribution in [-0.2, 0) is 0 Å². The molecule has 3 atom stereocenters. The summed E-state index contributed by atoms with van der Waals surface area (Å²) in [6, 6.07) is 10.2. The Hall–Kier alpha value is -1.02. The molecular weight excluding hydrogens is 220 g/mol. The summed E-state index contributed by atoms with van der Waals surface area (Å²) in [6.45, 7) is 3.71. The molecule has 1 aliphatic heterocycles. The molecular formula is C16H24N2. The number of hydrogen-bond donors (Lipinski definition) is 1. The topological polar surface area (TPSA) is 29.3 Å². The minimum absolute atomic E-state index is 0.753. The van der Waals surface area contributed by atoms with Crippen LogP contribution in [0, 0.1) is 0 Å². The first-order valence-electron chi connectivity index (χ1n) is 7.35. The number of nitrogen functional groups attached to an aromatic ring is 1. The summed E-state index contributed by atoms with van der Waals surface area (Å²) in [5.74, 6) is 0.753. The van der Waals surface area contributed by atoms with Gasteiger partial charge in [-0.25, -0.2) is 0 Å². The van der Waals surface area contributed by atoms with E-state index in [-0.39, 0.29) is 0 Å². The quantitative estimate of drug-likeness (QED) is 0.808. The lowest BCUT2D eigenvalue weighted by Gasteiger charge is -2.28. The number of benzene rings is 1. The second-order valence-corrected chi connectivity index (χ2v) is 6.06. The second-order valence-electron chi connectivity index (χ2n) is 6.06. The van der Waals surface area contributed by atoms with Gasteiger partial charge in [0.25, 0.3) is 0 Å². The molecule has 0 radical (unpaired) electrons. The van der Waals surface area contributed by atoms with E-state index >= 15 is 0 Å². The molecule has 0 amide bonds. The molecule has 1 aliphatic carbocycles. The van der Waals surface area contributed by atoms with Gasteiger partial charge in [0.1, 0.15) is 0 Å². The molecule has 18 heavy (non-hydrogen) atoms. The summed E-state index contributed by atoms with van der Waals surface area (Å²) in [7, 11) is 0. The Kier molecular flexibility index (Phi) is 3.29. The molecule has 2 N–H and O–H groups in total. The lowest BCUT2D eigenvalue weighted by molar-refractivity contribution is 0.191. The fourth-order valence-electron chi connectivity index (χ4n) is 3.83. The monoisotopic (exact) mass is 244 g/mol. The average Bonchev–Trinajstić information content (AvgIpc) is 2.98. The standard InChI is InChI=1S/C16H24N2/c1-12-3-2-10-18(12)16-9-6-14(11-16)13-4-7-15(17)8-5-13/h4-5,7-8,12,14,16H,2-3,6,9-11,17H2,1H3/t12-,14-,16-/m0/s1. The van der Waals surface area contributed by atoms with E-state index in [1.165, 1.54) is 44.2 Å². The van der Waals surface area contributed by atoms with E-state index in [0.717, 1.165) is 23.7 Å². The maximum atomic E-state index is 5.76. The highest BCUT2D eigenvalue weighted by Gasteiger charge is 2.34. The Bertz CT molecular complexity index is 398. The van der Waals surface area contributed by atoms with Gasteiger partial charge in [-0.05, 0) is 69.2 Å². The van der Waals surface area contributed by atoms with Crippen LogP contribution in [0.1, 0.15) is 50.5 Å². The molecule has 0 aromatic heterocycles. The minimum Gasteiger partial charge on any atom is -0.399 e. The van der Waals surface area contributed by atoms with Crippen molar-refractivity contribution in [2.24, 2.45) is 0 Å². The van der Waals surface area contributed by atoms with Crippen LogP contribution in [0.3, 0.4) is 0 Å². The van der Waals surface area contributed by atoms with Crippen molar-refractivity contribution in [3.8, 4) is 0 Å². The summed E-state index contributed by atoms with van der Waals surface area (Å²) in [5.41, 5.74) is 8.12. The van der Waals surface area contributed by atoms with E-state index in [1.54, 1.807) is 0 Å². The molecule has 1 aromatic rings. The third-order valence-electron chi connectivity index (χ3n) is 4.89. The van der Waals surface area contributed by atoms with Gasteiger partial charge in [0.15, 0.2) is 0 Å². The zero-order chi connectivity index (χ0) is 12.5. The molecule has 1 heterocycles. The number of hydrogen-bond acceptors (Lipinski definition) is 2. The SMILES string of the molecule is C[C@H]1CCCN1[C@H]1CC[C@H](c2ccc(N)cc2)C1. The molecule has 0 bridgehead atoms. The largest absolute Gasteiger partial charge is 0.399 e. The van der Waals surface area contributed by atoms with Gasteiger partial charge in [-0.2, -0.15) is 0 Å². The molecule has 0 spiro atoms. The Labute approximate surface area is 110 Å². The Balaban J connectivity index is 1.66. The third kappa shape index (κ3) is 2.26. The van der Waals surface area contributed by atoms with Gasteiger partial charge in [-0.3, -0.25) is 4.90 Å². The van der Waals surface area contributed by atoms with Crippen molar-refractivity contribution in [1.29, 1.82) is 0 Å². The Morgan fingerprint density at radius 1 is 1.11 bits per heavy atom. The van der Waals surface area contributed by atoms with Gasteiger partial charge < -0.3 is 5.73 Å². The fraction of sp³-hybridized carbons (Fsp3) is 0.625. The lowest BCUT2D eigenvalue weighted by Crippen LogP contribution is -2.35. The number of anilines is 1. The van der Waals surface area contributed by atoms with Crippen molar-refractivity contribution in [1.82, 2.24) is 4.90 Å². The average molecular weight is 244 g/mol. The van der Waals surface area contributed by atoms with Gasteiger partial charge in [0.2, 0.25) is 0 Å². The Morgan fingerprint density at radius 3 is 2.56 bits per heavy atom. The van der Waals surface area contributed by atoms with Crippen molar-refractivity contribution in [2.75, 3.05) is 12.3 Å². The fourth-order valence-corrected chi connectivity index (χ4v) is 3.83. The van der Waals surface area contributed by atoms with Gasteiger partial charge in [-0.1, -0.05) is 12.1 Å². The van der Waals surface area contributed by atoms with Crippen molar-refractivity contribution in [3.05, 3.63) is 29.8 Å². The van der Waals surface area contributed by atoms with E-state index in [2.05, 4.69) is 24.0 Å². The van der Waals surface area contributed by atoms with Crippen LogP contribution in [0.25, 0.3) is 0 Å². The molecule has 0 unspecified atom stereocenters. The van der Waals surface area contributed by atoms with E-state index in [9.17, 15) is 0 Å². The predicted molar refractivity (Wildman–Crippen MR) is 76.6 cm³/mol. The molecule has 98 valence electrons. The highest BCUT2D eigenvalue weighted by atomic mass is 15.2. The van der Waals surface area contributed by atoms with Crippen LogP contribution in [0.15, 0.2) is 24.3 Å². The van der Waals surface area contributed by atoms with E-state index in [0.29, 0.717) is 0 Å². The summed E-state index contributed by atoms with van der Waals surface area (Å²) in [6.07, 6.45) is 6.85. The van der Waals surface area contributed by atoms with Crippen LogP contribution in [-0.4, -0.2) is 23.5 Å². The van der Waals surface area contributed by atoms with E-state index < -0.39 is 0 Å². The van der Waals surface area contributed by atoms with Gasteiger partial charge in [0.05, 0.1) is 0 Å². The molecule has 1 aromatic carbocycles. The molecule has 2 aliphatic rings. The summed E-state index contributed by atoms with van der Waals surface area (Å²) < 4.78 is 0. The van der Waals surface area contributed by atoms with E-state index in [4.69, 9.17) is 5.73 Å². The number of likely N-dealkylation sites (tertiary alicyclic amines) is 1. The summed E-state index contributed by atoms with van der Waals surface area (Å²) in [5, 5.41) is 0. The van der Waals surface area contributed by atoms with Crippen LogP contribution in [0.2, 0.25) is 0 Å². The molecule has 2 fully saturated rings. The maximum Gasteiger partial charge on any atom is 0.0314 e. The Morgan fingerprint density at radius 2 is 1.89 bits per heavy atom. The van der Waals surface area contributed by atoms with Crippen molar-refractivity contribution in [3.63, 3.8) is 0 Å². The van der Waals surface area contributed by atoms with E-state index in [1.807, 2.05) is 12.1 Å². The van der Waals surface area contributed by atoms with Gasteiger partial charge in [-0.15, -0.1) is 0 Å². The summed E-state index contributed by atoms with van der Waals surface area (Å²) in [4.78, 5) is 2.75. The molecule has 1 saturated heterocycles. The van der Waals surface area contributed by atoms with Crippen LogP contribution < -0.4 is 5.73 Å². The maximum absolute atomic E-state index is 5.76. The van der Waals surface area contributed by atoms with Crippen molar-refractivity contribution >= 4 is 5.69 Å². The number of rotatable bonds is 2. The zero-order valence-electron chi connectivity index (χ0n) is 11.3. The van der Waals surface area contributed by atoms with Crippen molar-refractivity contribution in [2.45, 2.75) is 57.0 Å². The molecule has 2 heteroatoms. The van der Waals surface area contributed by atoms with Crippen LogP contribution >= 0.6 is 0 Å². The minimum atomic E-state index is 0.753. The summed E-state index contributed by atoms with van der Waals surface area (Å²) >= 11 is 0. The zero-order valence-corrected chi connectivity index (χ0v) is 11.3. The highest BCUT2D eigenvalue weighted by molar-refractivity contribution is 5.40. The molecule has 3 rings (SSSR count). The van der Waals surface area contributed by atoms with Gasteiger partial charge in [0, 0.05) is 17.8 Å². The normalized spacial score (nSPS) is 33.1. The number of nitrogens with zero attached hydrogens (tertiary/aromatic N) is 1. The lowest BCUT2D eigenvalue weighted by atomic mass is 9.97. The molecule has 2 nitrogen and oxygen atoms in total. The second kappa shape index (κ2) is 4.93. The first-order valence-corrected chi connectivity index (χ1v) is 7.35. The van der Waals surface area contributed by atoms with Crippen LogP contribution in [0.5, 0.6) is 0 Å². The predicted octanol–water partition coefficient (Wildman–Crippen LogP) is 3.39. The highest BCUT2D eigenvalue weighted by Crippen LogP contribution is 2.39. The molecule has 1 saturated carbocycles. The van der Waals surface area contributed by atoms with Crippen molar-refractivity contribution < 1.29 is 0 Å². The van der Waals surface area contributed by atoms with Crippen LogP contribution in [0.4, 0.5) is 5.69 Å². The first kappa shape index (κ1) is 12.0.